The third-order valence-electron chi connectivity index (χ3n) is 10.2. The molecule has 2 aliphatic carbocycles. The Hall–Kier alpha value is -4.98. The maximum atomic E-state index is 2.43. The lowest BCUT2D eigenvalue weighted by Gasteiger charge is -2.22. The van der Waals surface area contributed by atoms with E-state index in [-0.39, 0.29) is 5.41 Å². The van der Waals surface area contributed by atoms with Crippen LogP contribution in [0.15, 0.2) is 133 Å². The van der Waals surface area contributed by atoms with Crippen LogP contribution < -0.4 is 0 Å². The molecule has 0 N–H and O–H groups in total. The smallest absolute Gasteiger partial charge is 0.0361 e. The minimum Gasteiger partial charge on any atom is -0.135 e. The second-order valence-electron chi connectivity index (χ2n) is 12.9. The molecule has 8 aromatic rings. The second kappa shape index (κ2) is 8.56. The molecule has 0 saturated carbocycles. The van der Waals surface area contributed by atoms with E-state index in [9.17, 15) is 0 Å². The van der Waals surface area contributed by atoms with Gasteiger partial charge in [0.2, 0.25) is 0 Å². The quantitative estimate of drug-likeness (QED) is 0.192. The van der Waals surface area contributed by atoms with Gasteiger partial charge in [0, 0.05) is 25.6 Å². The molecule has 206 valence electrons. The largest absolute Gasteiger partial charge is 0.135 e. The molecule has 10 rings (SSSR count). The van der Waals surface area contributed by atoms with Gasteiger partial charge in [0.05, 0.1) is 0 Å². The summed E-state index contributed by atoms with van der Waals surface area (Å²) in [5.41, 5.74) is 16.1. The number of thiophene rings is 1. The van der Waals surface area contributed by atoms with Gasteiger partial charge in [-0.25, -0.2) is 0 Å². The van der Waals surface area contributed by atoms with E-state index in [1.807, 2.05) is 11.3 Å². The van der Waals surface area contributed by atoms with Crippen LogP contribution in [0.1, 0.15) is 25.0 Å². The van der Waals surface area contributed by atoms with E-state index in [0.29, 0.717) is 0 Å². The minimum absolute atomic E-state index is 0.00543. The minimum atomic E-state index is 0.00543. The summed E-state index contributed by atoms with van der Waals surface area (Å²) in [6.07, 6.45) is 0. The molecule has 1 heterocycles. The molecule has 0 unspecified atom stereocenters. The van der Waals surface area contributed by atoms with Gasteiger partial charge in [-0.1, -0.05) is 123 Å². The van der Waals surface area contributed by atoms with Gasteiger partial charge in [0.15, 0.2) is 0 Å². The molecule has 7 aromatic carbocycles. The fourth-order valence-corrected chi connectivity index (χ4v) is 9.19. The molecule has 0 saturated heterocycles. The molecule has 0 aliphatic heterocycles. The van der Waals surface area contributed by atoms with Crippen LogP contribution in [-0.4, -0.2) is 0 Å². The molecule has 0 amide bonds. The van der Waals surface area contributed by atoms with Crippen LogP contribution in [0, 0.1) is 0 Å². The molecule has 0 nitrogen and oxygen atoms in total. The number of rotatable bonds is 2. The molecule has 1 heteroatoms. The summed E-state index contributed by atoms with van der Waals surface area (Å²) in [6, 6.07) is 50.3. The highest BCUT2D eigenvalue weighted by molar-refractivity contribution is 7.25. The van der Waals surface area contributed by atoms with Gasteiger partial charge in [-0.3, -0.25) is 0 Å². The summed E-state index contributed by atoms with van der Waals surface area (Å²) < 4.78 is 2.68. The van der Waals surface area contributed by atoms with Crippen molar-refractivity contribution in [2.45, 2.75) is 19.3 Å². The SMILES string of the molecule is CC1(C)c2ccccc2-c2ccc(-c3ccc4c(c3)sc3ccc(-c5ccc6c7c(cccc57)-c5ccccc5-6)cc34)cc21. The summed E-state index contributed by atoms with van der Waals surface area (Å²) in [5, 5.41) is 5.39. The Labute approximate surface area is 260 Å². The first-order chi connectivity index (χ1) is 21.6. The van der Waals surface area contributed by atoms with Crippen LogP contribution in [0.3, 0.4) is 0 Å². The van der Waals surface area contributed by atoms with Gasteiger partial charge in [-0.2, -0.15) is 0 Å². The molecule has 0 atom stereocenters. The van der Waals surface area contributed by atoms with Crippen molar-refractivity contribution < 1.29 is 0 Å². The van der Waals surface area contributed by atoms with E-state index in [1.165, 1.54) is 97.7 Å². The van der Waals surface area contributed by atoms with Crippen molar-refractivity contribution in [3.63, 3.8) is 0 Å². The van der Waals surface area contributed by atoms with Gasteiger partial charge in [0.25, 0.3) is 0 Å². The Morgan fingerprint density at radius 1 is 0.386 bits per heavy atom. The molecular formula is C43H28S. The van der Waals surface area contributed by atoms with Crippen LogP contribution in [-0.2, 0) is 5.41 Å². The molecule has 2 aliphatic rings. The van der Waals surface area contributed by atoms with Gasteiger partial charge >= 0.3 is 0 Å². The molecule has 0 fully saturated rings. The van der Waals surface area contributed by atoms with Crippen LogP contribution >= 0.6 is 11.3 Å². The Balaban J connectivity index is 1.09. The summed E-state index contributed by atoms with van der Waals surface area (Å²) >= 11 is 1.90. The van der Waals surface area contributed by atoms with Crippen molar-refractivity contribution in [3.8, 4) is 55.6 Å². The third kappa shape index (κ3) is 3.17. The zero-order valence-corrected chi connectivity index (χ0v) is 25.4. The van der Waals surface area contributed by atoms with Crippen molar-refractivity contribution in [1.82, 2.24) is 0 Å². The molecule has 1 aromatic heterocycles. The molecule has 0 radical (unpaired) electrons. The fourth-order valence-electron chi connectivity index (χ4n) is 8.07. The summed E-state index contributed by atoms with van der Waals surface area (Å²) in [5.74, 6) is 0. The number of benzene rings is 7. The lowest BCUT2D eigenvalue weighted by Crippen LogP contribution is -2.14. The predicted molar refractivity (Wildman–Crippen MR) is 190 cm³/mol. The van der Waals surface area contributed by atoms with Gasteiger partial charge in [-0.15, -0.1) is 11.3 Å². The highest BCUT2D eigenvalue weighted by Crippen LogP contribution is 2.51. The Bertz CT molecular complexity index is 2490. The summed E-state index contributed by atoms with van der Waals surface area (Å²) in [4.78, 5) is 0. The van der Waals surface area contributed by atoms with Crippen LogP contribution in [0.4, 0.5) is 0 Å². The standard InChI is InChI=1S/C43H28S/c1-43(2)38-13-6-5-10-31(38)32-17-14-25(23-39(32)43)26-15-18-33-37-22-27(16-21-40(37)44-41(33)24-26)28-19-20-36-30-9-4-3-8-29(30)35-12-7-11-34(28)42(35)36/h3-24H,1-2H3. The van der Waals surface area contributed by atoms with E-state index in [2.05, 4.69) is 147 Å². The maximum Gasteiger partial charge on any atom is 0.0361 e. The zero-order valence-electron chi connectivity index (χ0n) is 24.6. The van der Waals surface area contributed by atoms with Crippen molar-refractivity contribution in [3.05, 3.63) is 145 Å². The normalized spacial score (nSPS) is 13.9. The third-order valence-corrected chi connectivity index (χ3v) is 11.4. The van der Waals surface area contributed by atoms with E-state index < -0.39 is 0 Å². The topological polar surface area (TPSA) is 0 Å². The van der Waals surface area contributed by atoms with Crippen LogP contribution in [0.5, 0.6) is 0 Å². The Morgan fingerprint density at radius 3 is 1.89 bits per heavy atom. The maximum absolute atomic E-state index is 2.43. The second-order valence-corrected chi connectivity index (χ2v) is 14.0. The summed E-state index contributed by atoms with van der Waals surface area (Å²) in [6.45, 7) is 4.71. The van der Waals surface area contributed by atoms with Crippen molar-refractivity contribution >= 4 is 42.3 Å². The monoisotopic (exact) mass is 576 g/mol. The average Bonchev–Trinajstić information content (AvgIpc) is 3.67. The molecule has 0 bridgehead atoms. The van der Waals surface area contributed by atoms with E-state index in [0.717, 1.165) is 0 Å². The first-order valence-electron chi connectivity index (χ1n) is 15.4. The highest BCUT2D eigenvalue weighted by atomic mass is 32.1. The van der Waals surface area contributed by atoms with Crippen molar-refractivity contribution in [2.24, 2.45) is 0 Å². The lowest BCUT2D eigenvalue weighted by molar-refractivity contribution is 0.660. The van der Waals surface area contributed by atoms with E-state index in [1.54, 1.807) is 0 Å². The first kappa shape index (κ1) is 24.5. The van der Waals surface area contributed by atoms with E-state index in [4.69, 9.17) is 0 Å². The zero-order chi connectivity index (χ0) is 29.2. The predicted octanol–water partition coefficient (Wildman–Crippen LogP) is 12.5. The van der Waals surface area contributed by atoms with Gasteiger partial charge < -0.3 is 0 Å². The molecular weight excluding hydrogens is 549 g/mol. The number of hydrogen-bond donors (Lipinski definition) is 0. The highest BCUT2D eigenvalue weighted by Gasteiger charge is 2.35. The van der Waals surface area contributed by atoms with Crippen molar-refractivity contribution in [1.29, 1.82) is 0 Å². The van der Waals surface area contributed by atoms with Crippen LogP contribution in [0.25, 0.3) is 86.6 Å². The number of hydrogen-bond acceptors (Lipinski definition) is 1. The first-order valence-corrected chi connectivity index (χ1v) is 16.2. The number of fused-ring (bicyclic) bond motifs is 9. The fraction of sp³-hybridized carbons (Fsp3) is 0.0698. The van der Waals surface area contributed by atoms with Crippen LogP contribution in [0.2, 0.25) is 0 Å². The van der Waals surface area contributed by atoms with Gasteiger partial charge in [0.1, 0.15) is 0 Å². The van der Waals surface area contributed by atoms with Gasteiger partial charge in [-0.05, 0) is 102 Å². The van der Waals surface area contributed by atoms with Crippen molar-refractivity contribution in [2.75, 3.05) is 0 Å². The van der Waals surface area contributed by atoms with E-state index >= 15 is 0 Å². The molecule has 44 heavy (non-hydrogen) atoms. The Morgan fingerprint density at radius 2 is 1.02 bits per heavy atom. The Kier molecular flexibility index (Phi) is 4.76. The average molecular weight is 577 g/mol. The summed E-state index contributed by atoms with van der Waals surface area (Å²) in [7, 11) is 0. The molecule has 0 spiro atoms. The lowest BCUT2D eigenvalue weighted by atomic mass is 9.81.